The number of carbonyl (C=O) groups is 1. The number of carbonyl (C=O) groups excluding carboxylic acids is 1. The monoisotopic (exact) mass is 330 g/mol. The van der Waals surface area contributed by atoms with Crippen LogP contribution in [-0.4, -0.2) is 18.5 Å². The Labute approximate surface area is 138 Å². The third-order valence-electron chi connectivity index (χ3n) is 4.10. The van der Waals surface area contributed by atoms with Crippen LogP contribution in [0.2, 0.25) is 5.02 Å². The lowest BCUT2D eigenvalue weighted by Gasteiger charge is -2.30. The van der Waals surface area contributed by atoms with Crippen LogP contribution in [-0.2, 0) is 11.2 Å². The van der Waals surface area contributed by atoms with Crippen molar-refractivity contribution in [2.24, 2.45) is 11.7 Å². The number of rotatable bonds is 5. The SMILES string of the molecule is Cl.NCC(NC(=O)Cc1ccc(Cl)cc1)C1CCCCC1. The van der Waals surface area contributed by atoms with E-state index in [1.54, 1.807) is 0 Å². The second-order valence-electron chi connectivity index (χ2n) is 5.61. The molecule has 1 aromatic rings. The summed E-state index contributed by atoms with van der Waals surface area (Å²) in [5.41, 5.74) is 6.81. The van der Waals surface area contributed by atoms with Crippen LogP contribution >= 0.6 is 24.0 Å². The number of amides is 1. The Bertz CT molecular complexity index is 430. The zero-order valence-corrected chi connectivity index (χ0v) is 13.8. The molecule has 3 nitrogen and oxygen atoms in total. The summed E-state index contributed by atoms with van der Waals surface area (Å²) in [6.45, 7) is 0.525. The normalized spacial score (nSPS) is 16.9. The van der Waals surface area contributed by atoms with Gasteiger partial charge in [-0.15, -0.1) is 12.4 Å². The van der Waals surface area contributed by atoms with Gasteiger partial charge in [-0.2, -0.15) is 0 Å². The first-order valence-electron chi connectivity index (χ1n) is 7.43. The van der Waals surface area contributed by atoms with Gasteiger partial charge in [-0.05, 0) is 36.5 Å². The van der Waals surface area contributed by atoms with E-state index in [0.29, 0.717) is 23.9 Å². The van der Waals surface area contributed by atoms with Gasteiger partial charge in [-0.25, -0.2) is 0 Å². The summed E-state index contributed by atoms with van der Waals surface area (Å²) in [7, 11) is 0. The van der Waals surface area contributed by atoms with Gasteiger partial charge in [0.1, 0.15) is 0 Å². The molecule has 1 atom stereocenters. The van der Waals surface area contributed by atoms with Crippen LogP contribution in [0.15, 0.2) is 24.3 Å². The van der Waals surface area contributed by atoms with Crippen molar-refractivity contribution in [1.29, 1.82) is 0 Å². The highest BCUT2D eigenvalue weighted by Crippen LogP contribution is 2.26. The number of nitrogens with two attached hydrogens (primary N) is 1. The second-order valence-corrected chi connectivity index (χ2v) is 6.05. The number of hydrogen-bond donors (Lipinski definition) is 2. The molecule has 21 heavy (non-hydrogen) atoms. The van der Waals surface area contributed by atoms with Crippen molar-refractivity contribution < 1.29 is 4.79 Å². The van der Waals surface area contributed by atoms with Gasteiger partial charge in [0, 0.05) is 17.6 Å². The zero-order chi connectivity index (χ0) is 14.4. The van der Waals surface area contributed by atoms with Crippen LogP contribution in [0.25, 0.3) is 0 Å². The summed E-state index contributed by atoms with van der Waals surface area (Å²) >= 11 is 5.84. The molecule has 1 saturated carbocycles. The maximum atomic E-state index is 12.1. The van der Waals surface area contributed by atoms with E-state index in [-0.39, 0.29) is 24.4 Å². The fourth-order valence-corrected chi connectivity index (χ4v) is 3.08. The minimum atomic E-state index is 0. The molecule has 3 N–H and O–H groups in total. The fourth-order valence-electron chi connectivity index (χ4n) is 2.95. The molecule has 0 spiro atoms. The van der Waals surface area contributed by atoms with E-state index in [0.717, 1.165) is 5.56 Å². The van der Waals surface area contributed by atoms with E-state index in [1.165, 1.54) is 32.1 Å². The highest BCUT2D eigenvalue weighted by Gasteiger charge is 2.23. The Hall–Kier alpha value is -0.770. The van der Waals surface area contributed by atoms with Gasteiger partial charge in [0.25, 0.3) is 0 Å². The average molecular weight is 331 g/mol. The van der Waals surface area contributed by atoms with E-state index >= 15 is 0 Å². The van der Waals surface area contributed by atoms with Gasteiger partial charge < -0.3 is 11.1 Å². The van der Waals surface area contributed by atoms with Crippen molar-refractivity contribution >= 4 is 29.9 Å². The summed E-state index contributed by atoms with van der Waals surface area (Å²) in [4.78, 5) is 12.1. The first-order chi connectivity index (χ1) is 9.69. The number of nitrogens with one attached hydrogen (secondary N) is 1. The van der Waals surface area contributed by atoms with Crippen molar-refractivity contribution in [3.63, 3.8) is 0 Å². The first kappa shape index (κ1) is 18.3. The van der Waals surface area contributed by atoms with Crippen LogP contribution in [0.3, 0.4) is 0 Å². The van der Waals surface area contributed by atoms with Gasteiger partial charge in [-0.1, -0.05) is 43.0 Å². The largest absolute Gasteiger partial charge is 0.352 e. The molecule has 1 aliphatic carbocycles. The van der Waals surface area contributed by atoms with Crippen LogP contribution in [0.4, 0.5) is 0 Å². The Balaban J connectivity index is 0.00000220. The molecule has 0 saturated heterocycles. The van der Waals surface area contributed by atoms with Crippen LogP contribution in [0, 0.1) is 5.92 Å². The van der Waals surface area contributed by atoms with Crippen molar-refractivity contribution in [2.45, 2.75) is 44.6 Å². The summed E-state index contributed by atoms with van der Waals surface area (Å²) in [6, 6.07) is 7.52. The third kappa shape index (κ3) is 5.85. The van der Waals surface area contributed by atoms with E-state index in [4.69, 9.17) is 17.3 Å². The summed E-state index contributed by atoms with van der Waals surface area (Å²) in [5.74, 6) is 0.594. The summed E-state index contributed by atoms with van der Waals surface area (Å²) in [5, 5.41) is 3.79. The molecule has 0 aromatic heterocycles. The maximum absolute atomic E-state index is 12.1. The molecular formula is C16H24Cl2N2O. The smallest absolute Gasteiger partial charge is 0.224 e. The summed E-state index contributed by atoms with van der Waals surface area (Å²) in [6.07, 6.45) is 6.58. The quantitative estimate of drug-likeness (QED) is 0.869. The average Bonchev–Trinajstić information content (AvgIpc) is 2.48. The Morgan fingerprint density at radius 2 is 1.86 bits per heavy atom. The lowest BCUT2D eigenvalue weighted by atomic mass is 9.84. The lowest BCUT2D eigenvalue weighted by Crippen LogP contribution is -2.46. The molecule has 1 unspecified atom stereocenters. The topological polar surface area (TPSA) is 55.1 Å². The van der Waals surface area contributed by atoms with Crippen molar-refractivity contribution in [3.8, 4) is 0 Å². The zero-order valence-electron chi connectivity index (χ0n) is 12.2. The van der Waals surface area contributed by atoms with Gasteiger partial charge >= 0.3 is 0 Å². The molecule has 1 amide bonds. The minimum absolute atomic E-state index is 0. The molecule has 0 aliphatic heterocycles. The third-order valence-corrected chi connectivity index (χ3v) is 4.35. The predicted molar refractivity (Wildman–Crippen MR) is 90.0 cm³/mol. The van der Waals surface area contributed by atoms with Crippen molar-refractivity contribution in [1.82, 2.24) is 5.32 Å². The van der Waals surface area contributed by atoms with Gasteiger partial charge in [-0.3, -0.25) is 4.79 Å². The molecule has 118 valence electrons. The van der Waals surface area contributed by atoms with Crippen molar-refractivity contribution in [3.05, 3.63) is 34.9 Å². The molecule has 2 rings (SSSR count). The van der Waals surface area contributed by atoms with Gasteiger partial charge in [0.05, 0.1) is 6.42 Å². The Kier molecular flexibility index (Phi) is 8.09. The molecule has 1 aliphatic rings. The molecule has 0 heterocycles. The predicted octanol–water partition coefficient (Wildman–Crippen LogP) is 3.33. The molecule has 1 fully saturated rings. The number of halogens is 2. The first-order valence-corrected chi connectivity index (χ1v) is 7.80. The maximum Gasteiger partial charge on any atom is 0.224 e. The molecule has 0 radical (unpaired) electrons. The molecule has 1 aromatic carbocycles. The fraction of sp³-hybridized carbons (Fsp3) is 0.562. The van der Waals surface area contributed by atoms with E-state index in [1.807, 2.05) is 24.3 Å². The Morgan fingerprint density at radius 1 is 1.24 bits per heavy atom. The van der Waals surface area contributed by atoms with Gasteiger partial charge in [0.2, 0.25) is 5.91 Å². The highest BCUT2D eigenvalue weighted by molar-refractivity contribution is 6.30. The van der Waals surface area contributed by atoms with Crippen LogP contribution in [0.5, 0.6) is 0 Å². The van der Waals surface area contributed by atoms with Crippen LogP contribution < -0.4 is 11.1 Å². The Morgan fingerprint density at radius 3 is 2.43 bits per heavy atom. The van der Waals surface area contributed by atoms with Crippen molar-refractivity contribution in [2.75, 3.05) is 6.54 Å². The van der Waals surface area contributed by atoms with Crippen LogP contribution in [0.1, 0.15) is 37.7 Å². The number of hydrogen-bond acceptors (Lipinski definition) is 2. The molecule has 0 bridgehead atoms. The molecule has 5 heteroatoms. The standard InChI is InChI=1S/C16H23ClN2O.ClH/c17-14-8-6-12(7-9-14)10-16(20)19-15(11-18)13-4-2-1-3-5-13;/h6-9,13,15H,1-5,10-11,18H2,(H,19,20);1H. The van der Waals surface area contributed by atoms with Gasteiger partial charge in [0.15, 0.2) is 0 Å². The van der Waals surface area contributed by atoms with E-state index in [9.17, 15) is 4.79 Å². The molecular weight excluding hydrogens is 307 g/mol. The van der Waals surface area contributed by atoms with E-state index < -0.39 is 0 Å². The minimum Gasteiger partial charge on any atom is -0.352 e. The van der Waals surface area contributed by atoms with E-state index in [2.05, 4.69) is 5.32 Å². The second kappa shape index (κ2) is 9.29. The number of benzene rings is 1. The lowest BCUT2D eigenvalue weighted by molar-refractivity contribution is -0.121. The summed E-state index contributed by atoms with van der Waals surface area (Å²) < 4.78 is 0. The highest BCUT2D eigenvalue weighted by atomic mass is 35.5.